The molecule has 4 aromatic rings. The van der Waals surface area contributed by atoms with Gasteiger partial charge in [0.25, 0.3) is 5.56 Å². The highest BCUT2D eigenvalue weighted by Crippen LogP contribution is 2.26. The zero-order chi connectivity index (χ0) is 22.0. The molecule has 4 rings (SSSR count). The normalized spacial score (nSPS) is 10.9. The van der Waals surface area contributed by atoms with Crippen LogP contribution >= 0.6 is 0 Å². The smallest absolute Gasteiger partial charge is 0.277 e. The van der Waals surface area contributed by atoms with Crippen molar-refractivity contribution in [1.82, 2.24) is 14.2 Å². The fourth-order valence-electron chi connectivity index (χ4n) is 3.46. The molecule has 158 valence electrons. The van der Waals surface area contributed by atoms with Crippen LogP contribution in [0, 0.1) is 6.92 Å². The Bertz CT molecular complexity index is 1310. The van der Waals surface area contributed by atoms with Crippen LogP contribution < -0.4 is 15.6 Å². The number of rotatable bonds is 6. The number of amides is 1. The van der Waals surface area contributed by atoms with Crippen molar-refractivity contribution < 1.29 is 14.6 Å². The third kappa shape index (κ3) is 3.93. The van der Waals surface area contributed by atoms with Crippen LogP contribution in [0.2, 0.25) is 0 Å². The molecular weight excluding hydrogens is 396 g/mol. The van der Waals surface area contributed by atoms with Crippen LogP contribution in [-0.2, 0) is 17.9 Å². The Morgan fingerprint density at radius 1 is 1.13 bits per heavy atom. The van der Waals surface area contributed by atoms with E-state index in [-0.39, 0.29) is 24.6 Å². The lowest BCUT2D eigenvalue weighted by Crippen LogP contribution is -2.28. The maximum Gasteiger partial charge on any atom is 0.277 e. The third-order valence-electron chi connectivity index (χ3n) is 5.11. The number of aliphatic hydroxyl groups is 1. The van der Waals surface area contributed by atoms with E-state index in [4.69, 9.17) is 4.74 Å². The molecule has 2 heterocycles. The number of hydrogen-bond donors (Lipinski definition) is 2. The average molecular weight is 418 g/mol. The van der Waals surface area contributed by atoms with Gasteiger partial charge in [0.15, 0.2) is 0 Å². The Hall–Kier alpha value is -3.91. The Kier molecular flexibility index (Phi) is 5.55. The van der Waals surface area contributed by atoms with Gasteiger partial charge in [-0.1, -0.05) is 18.2 Å². The van der Waals surface area contributed by atoms with Crippen molar-refractivity contribution in [3.8, 4) is 17.0 Å². The van der Waals surface area contributed by atoms with Crippen molar-refractivity contribution in [2.24, 2.45) is 0 Å². The molecule has 0 aliphatic rings. The summed E-state index contributed by atoms with van der Waals surface area (Å²) in [5.74, 6) is 0.376. The zero-order valence-electron chi connectivity index (χ0n) is 17.2. The highest BCUT2D eigenvalue weighted by atomic mass is 16.5. The number of nitrogens with zero attached hydrogens (tertiary/aromatic N) is 3. The molecule has 31 heavy (non-hydrogen) atoms. The standard InChI is InChI=1S/C23H22N4O4/c1-15-5-3-4-6-19(15)24-20(29)13-26-11-12-27-22(23(26)30)18(14-28)21(25-27)16-7-9-17(31-2)10-8-16/h3-12,28H,13-14H2,1-2H3,(H,24,29). The van der Waals surface area contributed by atoms with Gasteiger partial charge in [-0.3, -0.25) is 9.59 Å². The van der Waals surface area contributed by atoms with Crippen LogP contribution in [0.15, 0.2) is 65.7 Å². The first-order valence-electron chi connectivity index (χ1n) is 9.73. The van der Waals surface area contributed by atoms with Crippen LogP contribution in [0.1, 0.15) is 11.1 Å². The second-order valence-corrected chi connectivity index (χ2v) is 7.10. The van der Waals surface area contributed by atoms with Gasteiger partial charge in [0.05, 0.1) is 19.4 Å². The maximum absolute atomic E-state index is 13.1. The maximum atomic E-state index is 13.1. The van der Waals surface area contributed by atoms with E-state index in [0.29, 0.717) is 22.7 Å². The van der Waals surface area contributed by atoms with E-state index >= 15 is 0 Å². The molecule has 0 saturated heterocycles. The number of anilines is 1. The van der Waals surface area contributed by atoms with Gasteiger partial charge in [0, 0.05) is 29.2 Å². The highest BCUT2D eigenvalue weighted by Gasteiger charge is 2.18. The molecule has 0 spiro atoms. The van der Waals surface area contributed by atoms with E-state index in [2.05, 4.69) is 10.4 Å². The number of hydrogen-bond acceptors (Lipinski definition) is 5. The fourth-order valence-corrected chi connectivity index (χ4v) is 3.46. The van der Waals surface area contributed by atoms with Crippen LogP contribution in [0.4, 0.5) is 5.69 Å². The Labute approximate surface area is 178 Å². The van der Waals surface area contributed by atoms with Crippen molar-refractivity contribution in [2.45, 2.75) is 20.1 Å². The molecule has 0 unspecified atom stereocenters. The summed E-state index contributed by atoms with van der Waals surface area (Å²) in [7, 11) is 1.58. The summed E-state index contributed by atoms with van der Waals surface area (Å²) in [6, 6.07) is 14.6. The lowest BCUT2D eigenvalue weighted by Gasteiger charge is -2.10. The molecule has 0 saturated carbocycles. The second-order valence-electron chi connectivity index (χ2n) is 7.10. The third-order valence-corrected chi connectivity index (χ3v) is 5.11. The van der Waals surface area contributed by atoms with E-state index in [1.807, 2.05) is 37.3 Å². The minimum atomic E-state index is -0.404. The molecule has 0 aliphatic heterocycles. The summed E-state index contributed by atoms with van der Waals surface area (Å²) in [6.07, 6.45) is 3.11. The van der Waals surface area contributed by atoms with Gasteiger partial charge in [-0.25, -0.2) is 4.52 Å². The number of aliphatic hydroxyl groups excluding tert-OH is 1. The van der Waals surface area contributed by atoms with Crippen molar-refractivity contribution in [1.29, 1.82) is 0 Å². The van der Waals surface area contributed by atoms with Crippen LogP contribution in [0.3, 0.4) is 0 Å². The number of methoxy groups -OCH3 is 1. The molecule has 0 aliphatic carbocycles. The first-order chi connectivity index (χ1) is 15.0. The highest BCUT2D eigenvalue weighted by molar-refractivity contribution is 5.91. The first kappa shape index (κ1) is 20.4. The average Bonchev–Trinajstić information content (AvgIpc) is 3.17. The molecule has 2 N–H and O–H groups in total. The van der Waals surface area contributed by atoms with Gasteiger partial charge in [-0.05, 0) is 42.8 Å². The Morgan fingerprint density at radius 2 is 1.87 bits per heavy atom. The minimum absolute atomic E-state index is 0.155. The van der Waals surface area contributed by atoms with Gasteiger partial charge in [0.2, 0.25) is 5.91 Å². The second kappa shape index (κ2) is 8.45. The molecular formula is C23H22N4O4. The summed E-state index contributed by atoms with van der Waals surface area (Å²) >= 11 is 0. The first-order valence-corrected chi connectivity index (χ1v) is 9.73. The number of carbonyl (C=O) groups excluding carboxylic acids is 1. The molecule has 2 aromatic heterocycles. The van der Waals surface area contributed by atoms with Gasteiger partial charge in [-0.2, -0.15) is 5.10 Å². The summed E-state index contributed by atoms with van der Waals surface area (Å²) in [5, 5.41) is 17.3. The van der Waals surface area contributed by atoms with E-state index in [1.54, 1.807) is 31.5 Å². The van der Waals surface area contributed by atoms with Gasteiger partial charge >= 0.3 is 0 Å². The van der Waals surface area contributed by atoms with Crippen LogP contribution in [0.5, 0.6) is 5.75 Å². The van der Waals surface area contributed by atoms with Crippen LogP contribution in [-0.4, -0.2) is 32.3 Å². The summed E-state index contributed by atoms with van der Waals surface area (Å²) in [4.78, 5) is 25.6. The van der Waals surface area contributed by atoms with Gasteiger partial charge < -0.3 is 19.7 Å². The predicted molar refractivity (Wildman–Crippen MR) is 117 cm³/mol. The van der Waals surface area contributed by atoms with Gasteiger partial charge in [0.1, 0.15) is 17.8 Å². The van der Waals surface area contributed by atoms with Crippen LogP contribution in [0.25, 0.3) is 16.8 Å². The molecule has 1 amide bonds. The zero-order valence-corrected chi connectivity index (χ0v) is 17.2. The lowest BCUT2D eigenvalue weighted by atomic mass is 10.1. The molecule has 0 radical (unpaired) electrons. The number of benzene rings is 2. The monoisotopic (exact) mass is 418 g/mol. The number of aromatic nitrogens is 3. The minimum Gasteiger partial charge on any atom is -0.497 e. The molecule has 2 aromatic carbocycles. The number of para-hydroxylation sites is 1. The van der Waals surface area contributed by atoms with Crippen molar-refractivity contribution in [2.75, 3.05) is 12.4 Å². The van der Waals surface area contributed by atoms with E-state index < -0.39 is 5.56 Å². The van der Waals surface area contributed by atoms with E-state index in [1.165, 1.54) is 15.3 Å². The summed E-state index contributed by atoms with van der Waals surface area (Å²) < 4.78 is 7.92. The Morgan fingerprint density at radius 3 is 2.55 bits per heavy atom. The lowest BCUT2D eigenvalue weighted by molar-refractivity contribution is -0.116. The molecule has 8 nitrogen and oxygen atoms in total. The number of nitrogens with one attached hydrogen (secondary N) is 1. The predicted octanol–water partition coefficient (Wildman–Crippen LogP) is 2.61. The van der Waals surface area contributed by atoms with E-state index in [0.717, 1.165) is 11.1 Å². The molecule has 0 bridgehead atoms. The van der Waals surface area contributed by atoms with Crippen molar-refractivity contribution in [3.63, 3.8) is 0 Å². The Balaban J connectivity index is 1.69. The number of fused-ring (bicyclic) bond motifs is 1. The topological polar surface area (TPSA) is 97.9 Å². The number of aryl methyl sites for hydroxylation is 1. The SMILES string of the molecule is COc1ccc(-c2nn3ccn(CC(=O)Nc4ccccc4C)c(=O)c3c2CO)cc1. The summed E-state index contributed by atoms with van der Waals surface area (Å²) in [5.41, 5.74) is 3.12. The fraction of sp³-hybridized carbons (Fsp3) is 0.174. The van der Waals surface area contributed by atoms with E-state index in [9.17, 15) is 14.7 Å². The molecule has 0 fully saturated rings. The number of ether oxygens (including phenoxy) is 1. The summed E-state index contributed by atoms with van der Waals surface area (Å²) in [6.45, 7) is 1.38. The van der Waals surface area contributed by atoms with Crippen molar-refractivity contribution >= 4 is 17.1 Å². The van der Waals surface area contributed by atoms with Gasteiger partial charge in [-0.15, -0.1) is 0 Å². The molecule has 8 heteroatoms. The van der Waals surface area contributed by atoms with Crippen molar-refractivity contribution in [3.05, 3.63) is 82.4 Å². The number of carbonyl (C=O) groups is 1. The largest absolute Gasteiger partial charge is 0.497 e. The quantitative estimate of drug-likeness (QED) is 0.502. The molecule has 0 atom stereocenters.